The zero-order valence-electron chi connectivity index (χ0n) is 16.2. The summed E-state index contributed by atoms with van der Waals surface area (Å²) in [6.45, 7) is 4.33. The van der Waals surface area contributed by atoms with Gasteiger partial charge in [-0.3, -0.25) is 4.79 Å². The van der Waals surface area contributed by atoms with Crippen LogP contribution in [-0.4, -0.2) is 55.9 Å². The molecule has 2 aliphatic heterocycles. The van der Waals surface area contributed by atoms with E-state index in [1.54, 1.807) is 7.11 Å². The first-order valence-corrected chi connectivity index (χ1v) is 9.94. The van der Waals surface area contributed by atoms with Crippen LogP contribution in [-0.2, 0) is 4.79 Å². The Morgan fingerprint density at radius 1 is 1.29 bits per heavy atom. The Bertz CT molecular complexity index is 777. The Labute approximate surface area is 164 Å². The predicted molar refractivity (Wildman–Crippen MR) is 105 cm³/mol. The maximum Gasteiger partial charge on any atom is 0.324 e. The molecular weight excluding hydrogens is 358 g/mol. The largest absolute Gasteiger partial charge is 0.497 e. The summed E-state index contributed by atoms with van der Waals surface area (Å²) in [6.07, 6.45) is 2.75. The van der Waals surface area contributed by atoms with Crippen LogP contribution >= 0.6 is 0 Å². The zero-order valence-corrected chi connectivity index (χ0v) is 16.2. The van der Waals surface area contributed by atoms with Crippen molar-refractivity contribution in [3.05, 3.63) is 24.3 Å². The Balaban J connectivity index is 1.28. The summed E-state index contributed by atoms with van der Waals surface area (Å²) in [4.78, 5) is 19.0. The summed E-state index contributed by atoms with van der Waals surface area (Å²) < 4.78 is 10.6. The minimum Gasteiger partial charge on any atom is -0.497 e. The molecule has 2 N–H and O–H groups in total. The first-order chi connectivity index (χ1) is 13.7. The van der Waals surface area contributed by atoms with Gasteiger partial charge in [-0.15, -0.1) is 0 Å². The van der Waals surface area contributed by atoms with E-state index in [1.807, 2.05) is 24.3 Å². The van der Waals surface area contributed by atoms with Crippen LogP contribution in [0.25, 0.3) is 11.4 Å². The molecule has 0 aliphatic carbocycles. The van der Waals surface area contributed by atoms with Gasteiger partial charge in [0.15, 0.2) is 0 Å². The molecule has 0 radical (unpaired) electrons. The van der Waals surface area contributed by atoms with Crippen molar-refractivity contribution in [1.29, 1.82) is 0 Å². The summed E-state index contributed by atoms with van der Waals surface area (Å²) in [5, 5.41) is 10.5. The SMILES string of the molecule is COc1ccc(-c2noc(N3CCC(C(=O)NC[C@@H]4CCNC4)CC3)n2)cc1. The lowest BCUT2D eigenvalue weighted by Crippen LogP contribution is -2.42. The van der Waals surface area contributed by atoms with E-state index in [9.17, 15) is 4.79 Å². The summed E-state index contributed by atoms with van der Waals surface area (Å²) in [5.74, 6) is 2.16. The minimum absolute atomic E-state index is 0.0644. The number of anilines is 1. The predicted octanol–water partition coefficient (Wildman–Crippen LogP) is 1.69. The van der Waals surface area contributed by atoms with Gasteiger partial charge in [-0.25, -0.2) is 0 Å². The molecule has 28 heavy (non-hydrogen) atoms. The average Bonchev–Trinajstić information content (AvgIpc) is 3.44. The third-order valence-corrected chi connectivity index (χ3v) is 5.63. The molecule has 0 bridgehead atoms. The van der Waals surface area contributed by atoms with Gasteiger partial charge in [-0.05, 0) is 62.5 Å². The molecule has 2 aliphatic rings. The number of rotatable bonds is 6. The van der Waals surface area contributed by atoms with Crippen LogP contribution in [0.15, 0.2) is 28.8 Å². The number of nitrogens with one attached hydrogen (secondary N) is 2. The van der Waals surface area contributed by atoms with Crippen molar-refractivity contribution in [2.24, 2.45) is 11.8 Å². The van der Waals surface area contributed by atoms with E-state index in [0.29, 0.717) is 17.8 Å². The second-order valence-corrected chi connectivity index (χ2v) is 7.49. The fourth-order valence-electron chi connectivity index (χ4n) is 3.81. The van der Waals surface area contributed by atoms with Crippen molar-refractivity contribution in [3.63, 3.8) is 0 Å². The fourth-order valence-corrected chi connectivity index (χ4v) is 3.81. The number of hydrogen-bond acceptors (Lipinski definition) is 7. The second-order valence-electron chi connectivity index (χ2n) is 7.49. The van der Waals surface area contributed by atoms with Gasteiger partial charge >= 0.3 is 6.01 Å². The second kappa shape index (κ2) is 8.60. The smallest absolute Gasteiger partial charge is 0.324 e. The molecule has 1 aromatic heterocycles. The highest BCUT2D eigenvalue weighted by Crippen LogP contribution is 2.26. The summed E-state index contributed by atoms with van der Waals surface area (Å²) in [6, 6.07) is 8.07. The van der Waals surface area contributed by atoms with Gasteiger partial charge in [0, 0.05) is 31.1 Å². The van der Waals surface area contributed by atoms with E-state index in [4.69, 9.17) is 9.26 Å². The number of aromatic nitrogens is 2. The van der Waals surface area contributed by atoms with E-state index in [2.05, 4.69) is 25.7 Å². The molecule has 1 amide bonds. The van der Waals surface area contributed by atoms with E-state index in [0.717, 1.165) is 63.3 Å². The number of amides is 1. The number of methoxy groups -OCH3 is 1. The first kappa shape index (κ1) is 18.7. The standard InChI is InChI=1S/C20H27N5O3/c1-27-17-4-2-15(3-5-17)18-23-20(28-24-18)25-10-7-16(8-11-25)19(26)22-13-14-6-9-21-12-14/h2-5,14,16,21H,6-13H2,1H3,(H,22,26)/t14-/m1/s1. The highest BCUT2D eigenvalue weighted by Gasteiger charge is 2.28. The van der Waals surface area contributed by atoms with Crippen LogP contribution in [0.5, 0.6) is 5.75 Å². The molecule has 8 heteroatoms. The molecule has 4 rings (SSSR count). The maximum atomic E-state index is 12.4. The van der Waals surface area contributed by atoms with E-state index in [1.165, 1.54) is 0 Å². The number of hydrogen-bond donors (Lipinski definition) is 2. The third kappa shape index (κ3) is 4.27. The monoisotopic (exact) mass is 385 g/mol. The Hall–Kier alpha value is -2.61. The number of benzene rings is 1. The van der Waals surface area contributed by atoms with Crippen LogP contribution < -0.4 is 20.3 Å². The number of ether oxygens (including phenoxy) is 1. The summed E-state index contributed by atoms with van der Waals surface area (Å²) in [7, 11) is 1.64. The molecule has 2 saturated heterocycles. The molecule has 150 valence electrons. The molecule has 1 aromatic carbocycles. The first-order valence-electron chi connectivity index (χ1n) is 9.94. The lowest BCUT2D eigenvalue weighted by molar-refractivity contribution is -0.125. The topological polar surface area (TPSA) is 92.5 Å². The van der Waals surface area contributed by atoms with Gasteiger partial charge < -0.3 is 24.8 Å². The fraction of sp³-hybridized carbons (Fsp3) is 0.550. The van der Waals surface area contributed by atoms with Crippen LogP contribution in [0.2, 0.25) is 0 Å². The maximum absolute atomic E-state index is 12.4. The Kier molecular flexibility index (Phi) is 5.76. The van der Waals surface area contributed by atoms with Gasteiger partial charge in [0.25, 0.3) is 0 Å². The summed E-state index contributed by atoms with van der Waals surface area (Å²) >= 11 is 0. The van der Waals surface area contributed by atoms with Crippen molar-refractivity contribution < 1.29 is 14.1 Å². The van der Waals surface area contributed by atoms with Crippen molar-refractivity contribution in [2.75, 3.05) is 44.7 Å². The van der Waals surface area contributed by atoms with E-state index in [-0.39, 0.29) is 11.8 Å². The van der Waals surface area contributed by atoms with Crippen molar-refractivity contribution >= 4 is 11.9 Å². The van der Waals surface area contributed by atoms with Gasteiger partial charge in [-0.1, -0.05) is 5.16 Å². The number of carbonyl (C=O) groups is 1. The van der Waals surface area contributed by atoms with E-state index < -0.39 is 0 Å². The van der Waals surface area contributed by atoms with Crippen LogP contribution in [0.4, 0.5) is 6.01 Å². The molecule has 1 atom stereocenters. The molecule has 0 spiro atoms. The lowest BCUT2D eigenvalue weighted by Gasteiger charge is -2.29. The Morgan fingerprint density at radius 3 is 2.75 bits per heavy atom. The number of piperidine rings is 1. The normalized spacial score (nSPS) is 20.3. The van der Waals surface area contributed by atoms with Crippen LogP contribution in [0.3, 0.4) is 0 Å². The van der Waals surface area contributed by atoms with Crippen molar-refractivity contribution in [3.8, 4) is 17.1 Å². The van der Waals surface area contributed by atoms with Crippen LogP contribution in [0, 0.1) is 11.8 Å². The lowest BCUT2D eigenvalue weighted by atomic mass is 9.96. The zero-order chi connectivity index (χ0) is 19.3. The third-order valence-electron chi connectivity index (χ3n) is 5.63. The van der Waals surface area contributed by atoms with Crippen molar-refractivity contribution in [1.82, 2.24) is 20.8 Å². The molecule has 3 heterocycles. The molecule has 0 unspecified atom stereocenters. The highest BCUT2D eigenvalue weighted by atomic mass is 16.5. The van der Waals surface area contributed by atoms with Gasteiger partial charge in [-0.2, -0.15) is 4.98 Å². The van der Waals surface area contributed by atoms with Gasteiger partial charge in [0.05, 0.1) is 7.11 Å². The highest BCUT2D eigenvalue weighted by molar-refractivity contribution is 5.79. The van der Waals surface area contributed by atoms with Crippen molar-refractivity contribution in [2.45, 2.75) is 19.3 Å². The van der Waals surface area contributed by atoms with Crippen LogP contribution in [0.1, 0.15) is 19.3 Å². The molecule has 8 nitrogen and oxygen atoms in total. The Morgan fingerprint density at radius 2 is 2.07 bits per heavy atom. The van der Waals surface area contributed by atoms with Gasteiger partial charge in [0.2, 0.25) is 11.7 Å². The average molecular weight is 385 g/mol. The molecule has 2 aromatic rings. The molecule has 2 fully saturated rings. The molecule has 0 saturated carbocycles. The minimum atomic E-state index is 0.0644. The van der Waals surface area contributed by atoms with Gasteiger partial charge in [0.1, 0.15) is 5.75 Å². The van der Waals surface area contributed by atoms with E-state index >= 15 is 0 Å². The summed E-state index contributed by atoms with van der Waals surface area (Å²) in [5.41, 5.74) is 0.881. The molecular formula is C20H27N5O3. The quantitative estimate of drug-likeness (QED) is 0.782. The number of nitrogens with zero attached hydrogens (tertiary/aromatic N) is 3. The number of carbonyl (C=O) groups excluding carboxylic acids is 1.